The van der Waals surface area contributed by atoms with Crippen LogP contribution in [0.4, 0.5) is 0 Å². The van der Waals surface area contributed by atoms with Crippen LogP contribution in [0, 0.1) is 0 Å². The number of carbonyl (C=O) groups excluding carboxylic acids is 1. The first kappa shape index (κ1) is 16.7. The van der Waals surface area contributed by atoms with E-state index in [1.165, 1.54) is 19.3 Å². The second-order valence-corrected chi connectivity index (χ2v) is 6.36. The highest BCUT2D eigenvalue weighted by atomic mass is 32.1. The summed E-state index contributed by atoms with van der Waals surface area (Å²) in [6.07, 6.45) is 6.11. The maximum absolute atomic E-state index is 12.2. The average Bonchev–Trinajstić information content (AvgIpc) is 2.48. The van der Waals surface area contributed by atoms with E-state index in [-0.39, 0.29) is 12.0 Å². The highest BCUT2D eigenvalue weighted by molar-refractivity contribution is 7.80. The van der Waals surface area contributed by atoms with Gasteiger partial charge in [0.1, 0.15) is 5.75 Å². The van der Waals surface area contributed by atoms with Gasteiger partial charge in [0.25, 0.3) is 5.91 Å². The number of rotatable bonds is 4. The second kappa shape index (κ2) is 8.13. The summed E-state index contributed by atoms with van der Waals surface area (Å²) in [4.78, 5) is 12.2. The Morgan fingerprint density at radius 1 is 1.18 bits per heavy atom. The molecule has 22 heavy (non-hydrogen) atoms. The smallest absolute Gasteiger partial charge is 0.257 e. The molecule has 1 aliphatic carbocycles. The Hall–Kier alpha value is -1.62. The fraction of sp³-hybridized carbons (Fsp3) is 0.529. The van der Waals surface area contributed by atoms with Crippen LogP contribution in [0.15, 0.2) is 24.3 Å². The monoisotopic (exact) mass is 320 g/mol. The average molecular weight is 320 g/mol. The van der Waals surface area contributed by atoms with Crippen LogP contribution in [0.2, 0.25) is 0 Å². The summed E-state index contributed by atoms with van der Waals surface area (Å²) >= 11 is 5.23. The van der Waals surface area contributed by atoms with Gasteiger partial charge < -0.3 is 10.1 Å². The first-order chi connectivity index (χ1) is 10.5. The fourth-order valence-electron chi connectivity index (χ4n) is 2.60. The molecule has 2 rings (SSSR count). The summed E-state index contributed by atoms with van der Waals surface area (Å²) < 4.78 is 5.56. The fourth-order valence-corrected chi connectivity index (χ4v) is 2.86. The minimum Gasteiger partial charge on any atom is -0.491 e. The maximum Gasteiger partial charge on any atom is 0.257 e. The van der Waals surface area contributed by atoms with Gasteiger partial charge >= 0.3 is 0 Å². The molecule has 0 bridgehead atoms. The third-order valence-corrected chi connectivity index (χ3v) is 3.88. The SMILES string of the molecule is CC(C)Oc1ccc(C(=O)NC(=S)NC2CCCCC2)cc1. The van der Waals surface area contributed by atoms with Crippen molar-refractivity contribution in [1.82, 2.24) is 10.6 Å². The molecule has 0 heterocycles. The van der Waals surface area contributed by atoms with Gasteiger partial charge in [0.05, 0.1) is 6.10 Å². The van der Waals surface area contributed by atoms with E-state index in [9.17, 15) is 4.79 Å². The number of amides is 1. The third kappa shape index (κ3) is 5.30. The summed E-state index contributed by atoms with van der Waals surface area (Å²) in [5.41, 5.74) is 0.573. The Kier molecular flexibility index (Phi) is 6.19. The van der Waals surface area contributed by atoms with Crippen LogP contribution >= 0.6 is 12.2 Å². The van der Waals surface area contributed by atoms with Crippen molar-refractivity contribution >= 4 is 23.2 Å². The molecule has 0 radical (unpaired) electrons. The first-order valence-electron chi connectivity index (χ1n) is 7.93. The number of ether oxygens (including phenoxy) is 1. The van der Waals surface area contributed by atoms with Crippen LogP contribution in [0.5, 0.6) is 5.75 Å². The summed E-state index contributed by atoms with van der Waals surface area (Å²) in [7, 11) is 0. The van der Waals surface area contributed by atoms with Crippen molar-refractivity contribution in [2.24, 2.45) is 0 Å². The molecule has 1 fully saturated rings. The van der Waals surface area contributed by atoms with Gasteiger partial charge in [-0.25, -0.2) is 0 Å². The van der Waals surface area contributed by atoms with Crippen LogP contribution in [-0.4, -0.2) is 23.2 Å². The van der Waals surface area contributed by atoms with Crippen molar-refractivity contribution in [3.05, 3.63) is 29.8 Å². The zero-order valence-electron chi connectivity index (χ0n) is 13.2. The third-order valence-electron chi connectivity index (χ3n) is 3.66. The lowest BCUT2D eigenvalue weighted by atomic mass is 9.96. The van der Waals surface area contributed by atoms with E-state index in [0.29, 0.717) is 16.7 Å². The lowest BCUT2D eigenvalue weighted by Gasteiger charge is -2.24. The van der Waals surface area contributed by atoms with E-state index in [1.54, 1.807) is 24.3 Å². The van der Waals surface area contributed by atoms with E-state index < -0.39 is 0 Å². The molecule has 0 unspecified atom stereocenters. The Balaban J connectivity index is 1.84. The van der Waals surface area contributed by atoms with Crippen molar-refractivity contribution in [2.45, 2.75) is 58.1 Å². The predicted octanol–water partition coefficient (Wildman–Crippen LogP) is 3.41. The molecule has 5 heteroatoms. The Bertz CT molecular complexity index is 508. The first-order valence-corrected chi connectivity index (χ1v) is 8.34. The van der Waals surface area contributed by atoms with Crippen molar-refractivity contribution in [3.63, 3.8) is 0 Å². The number of benzene rings is 1. The summed E-state index contributed by atoms with van der Waals surface area (Å²) in [5.74, 6) is 0.568. The molecule has 0 saturated heterocycles. The second-order valence-electron chi connectivity index (χ2n) is 5.95. The molecular formula is C17H24N2O2S. The van der Waals surface area contributed by atoms with Gasteiger partial charge in [-0.1, -0.05) is 19.3 Å². The molecule has 1 aromatic rings. The van der Waals surface area contributed by atoms with Crippen molar-refractivity contribution in [3.8, 4) is 5.75 Å². The molecule has 1 saturated carbocycles. The van der Waals surface area contributed by atoms with Gasteiger partial charge in [-0.15, -0.1) is 0 Å². The maximum atomic E-state index is 12.2. The van der Waals surface area contributed by atoms with Crippen LogP contribution in [0.1, 0.15) is 56.3 Å². The normalized spacial score (nSPS) is 15.4. The summed E-state index contributed by atoms with van der Waals surface area (Å²) in [6.45, 7) is 3.94. The molecule has 0 aliphatic heterocycles. The van der Waals surface area contributed by atoms with Crippen LogP contribution < -0.4 is 15.4 Å². The minimum absolute atomic E-state index is 0.118. The van der Waals surface area contributed by atoms with Gasteiger partial charge in [-0.05, 0) is 63.2 Å². The topological polar surface area (TPSA) is 50.4 Å². The van der Waals surface area contributed by atoms with Crippen molar-refractivity contribution in [1.29, 1.82) is 0 Å². The summed E-state index contributed by atoms with van der Waals surface area (Å²) in [5, 5.41) is 6.39. The molecule has 120 valence electrons. The summed E-state index contributed by atoms with van der Waals surface area (Å²) in [6, 6.07) is 7.48. The number of hydrogen-bond acceptors (Lipinski definition) is 3. The van der Waals surface area contributed by atoms with Gasteiger partial charge in [-0.3, -0.25) is 10.1 Å². The van der Waals surface area contributed by atoms with E-state index in [4.69, 9.17) is 17.0 Å². The van der Waals surface area contributed by atoms with Gasteiger partial charge in [0, 0.05) is 11.6 Å². The molecule has 0 atom stereocenters. The minimum atomic E-state index is -0.190. The van der Waals surface area contributed by atoms with Crippen molar-refractivity contribution < 1.29 is 9.53 Å². The Labute approximate surface area is 137 Å². The number of thiocarbonyl (C=S) groups is 1. The van der Waals surface area contributed by atoms with Crippen LogP contribution in [0.25, 0.3) is 0 Å². The van der Waals surface area contributed by atoms with Crippen LogP contribution in [-0.2, 0) is 0 Å². The van der Waals surface area contributed by atoms with Crippen LogP contribution in [0.3, 0.4) is 0 Å². The van der Waals surface area contributed by atoms with E-state index in [0.717, 1.165) is 18.6 Å². The molecule has 0 spiro atoms. The molecule has 0 aromatic heterocycles. The lowest BCUT2D eigenvalue weighted by molar-refractivity contribution is 0.0976. The van der Waals surface area contributed by atoms with Gasteiger partial charge in [0.15, 0.2) is 5.11 Å². The Morgan fingerprint density at radius 2 is 1.82 bits per heavy atom. The standard InChI is InChI=1S/C17H24N2O2S/c1-12(2)21-15-10-8-13(9-11-15)16(20)19-17(22)18-14-6-4-3-5-7-14/h8-12,14H,3-7H2,1-2H3,(H2,18,19,20,22). The molecule has 2 N–H and O–H groups in total. The zero-order valence-corrected chi connectivity index (χ0v) is 14.0. The predicted molar refractivity (Wildman–Crippen MR) is 92.3 cm³/mol. The molecular weight excluding hydrogens is 296 g/mol. The van der Waals surface area contributed by atoms with E-state index in [2.05, 4.69) is 10.6 Å². The Morgan fingerprint density at radius 3 is 2.41 bits per heavy atom. The largest absolute Gasteiger partial charge is 0.491 e. The number of carbonyl (C=O) groups is 1. The van der Waals surface area contributed by atoms with Gasteiger partial charge in [-0.2, -0.15) is 0 Å². The zero-order chi connectivity index (χ0) is 15.9. The quantitative estimate of drug-likeness (QED) is 0.835. The van der Waals surface area contributed by atoms with Gasteiger partial charge in [0.2, 0.25) is 0 Å². The lowest BCUT2D eigenvalue weighted by Crippen LogP contribution is -2.44. The van der Waals surface area contributed by atoms with E-state index in [1.807, 2.05) is 13.8 Å². The molecule has 4 nitrogen and oxygen atoms in total. The molecule has 1 aliphatic rings. The highest BCUT2D eigenvalue weighted by Gasteiger charge is 2.15. The molecule has 1 amide bonds. The number of hydrogen-bond donors (Lipinski definition) is 2. The van der Waals surface area contributed by atoms with Crippen molar-refractivity contribution in [2.75, 3.05) is 0 Å². The number of nitrogens with one attached hydrogen (secondary N) is 2. The highest BCUT2D eigenvalue weighted by Crippen LogP contribution is 2.17. The molecule has 1 aromatic carbocycles. The van der Waals surface area contributed by atoms with E-state index >= 15 is 0 Å².